The molecule has 2 heteroatoms. The fourth-order valence-corrected chi connectivity index (χ4v) is 2.63. The zero-order valence-corrected chi connectivity index (χ0v) is 12.3. The van der Waals surface area contributed by atoms with Gasteiger partial charge in [0.05, 0.1) is 0 Å². The topological polar surface area (TPSA) is 0 Å². The Balaban J connectivity index is 3.02. The van der Waals surface area contributed by atoms with Crippen molar-refractivity contribution < 1.29 is 0 Å². The predicted octanol–water partition coefficient (Wildman–Crippen LogP) is 4.98. The summed E-state index contributed by atoms with van der Waals surface area (Å²) in [6, 6.07) is 0. The van der Waals surface area contributed by atoms with Crippen molar-refractivity contribution in [1.82, 2.24) is 0 Å². The molecule has 0 fully saturated rings. The normalized spacial score (nSPS) is 13.2. The van der Waals surface area contributed by atoms with Crippen molar-refractivity contribution >= 4 is 45.2 Å². The average Bonchev–Trinajstić information content (AvgIpc) is 2.09. The highest BCUT2D eigenvalue weighted by Crippen LogP contribution is 2.17. The first-order valence-electron chi connectivity index (χ1n) is 5.01. The van der Waals surface area contributed by atoms with Crippen LogP contribution in [0.4, 0.5) is 0 Å². The Labute approximate surface area is 105 Å². The molecule has 0 saturated heterocycles. The van der Waals surface area contributed by atoms with Gasteiger partial charge in [-0.2, -0.15) is 0 Å². The molecule has 0 aliphatic heterocycles. The molecule has 0 spiro atoms. The van der Waals surface area contributed by atoms with E-state index < -0.39 is 0 Å². The van der Waals surface area contributed by atoms with Gasteiger partial charge >= 0.3 is 0 Å². The lowest BCUT2D eigenvalue weighted by molar-refractivity contribution is 0.613. The molecule has 0 rings (SSSR count). The maximum atomic E-state index is 2.61. The van der Waals surface area contributed by atoms with Gasteiger partial charge in [0.25, 0.3) is 0 Å². The van der Waals surface area contributed by atoms with Gasteiger partial charge in [0.2, 0.25) is 0 Å². The molecule has 0 aromatic carbocycles. The van der Waals surface area contributed by atoms with Gasteiger partial charge in [-0.25, -0.2) is 0 Å². The van der Waals surface area contributed by atoms with Gasteiger partial charge in [-0.05, 0) is 23.7 Å². The Bertz CT molecular complexity index is 83.9. The van der Waals surface area contributed by atoms with E-state index in [1.165, 1.54) is 49.4 Å². The minimum absolute atomic E-state index is 0.941. The second-order valence-electron chi connectivity index (χ2n) is 3.28. The molecule has 12 heavy (non-hydrogen) atoms. The molecule has 1 unspecified atom stereocenters. The van der Waals surface area contributed by atoms with Crippen molar-refractivity contribution in [2.24, 2.45) is 0 Å². The van der Waals surface area contributed by atoms with Crippen molar-refractivity contribution in [2.75, 3.05) is 4.43 Å². The van der Waals surface area contributed by atoms with Crippen LogP contribution in [-0.4, -0.2) is 8.35 Å². The summed E-state index contributed by atoms with van der Waals surface area (Å²) in [5.74, 6) is 0. The van der Waals surface area contributed by atoms with Crippen molar-refractivity contribution in [3.63, 3.8) is 0 Å². The second kappa shape index (κ2) is 10.5. The molecule has 0 aliphatic rings. The third kappa shape index (κ3) is 9.55. The Kier molecular flexibility index (Phi) is 11.8. The highest BCUT2D eigenvalue weighted by molar-refractivity contribution is 14.1. The first kappa shape index (κ1) is 13.5. The monoisotopic (exact) mass is 394 g/mol. The molecule has 0 N–H and O–H groups in total. The van der Waals surface area contributed by atoms with E-state index in [1.807, 2.05) is 0 Å². The van der Waals surface area contributed by atoms with Crippen LogP contribution in [0.3, 0.4) is 0 Å². The molecule has 1 atom stereocenters. The molecule has 0 amide bonds. The first-order chi connectivity index (χ1) is 5.81. The summed E-state index contributed by atoms with van der Waals surface area (Å²) in [7, 11) is 0. The maximum absolute atomic E-state index is 2.61. The van der Waals surface area contributed by atoms with Crippen LogP contribution in [-0.2, 0) is 0 Å². The van der Waals surface area contributed by atoms with Crippen LogP contribution in [0.25, 0.3) is 0 Å². The van der Waals surface area contributed by atoms with E-state index in [4.69, 9.17) is 0 Å². The summed E-state index contributed by atoms with van der Waals surface area (Å²) in [5, 5.41) is 0. The third-order valence-electron chi connectivity index (χ3n) is 2.02. The minimum Gasteiger partial charge on any atom is -0.0864 e. The third-order valence-corrected chi connectivity index (χ3v) is 4.03. The van der Waals surface area contributed by atoms with E-state index in [2.05, 4.69) is 52.1 Å². The average molecular weight is 394 g/mol. The van der Waals surface area contributed by atoms with Gasteiger partial charge in [-0.15, -0.1) is 0 Å². The smallest absolute Gasteiger partial charge is 0.0110 e. The van der Waals surface area contributed by atoms with Gasteiger partial charge in [0, 0.05) is 3.92 Å². The molecular formula is C10H20I2. The summed E-state index contributed by atoms with van der Waals surface area (Å²) in [4.78, 5) is 0. The van der Waals surface area contributed by atoms with Gasteiger partial charge in [0.1, 0.15) is 0 Å². The number of halogens is 2. The summed E-state index contributed by atoms with van der Waals surface area (Å²) in [6.45, 7) is 2.28. The Hall–Kier alpha value is 1.46. The molecule has 0 nitrogen and oxygen atoms in total. The molecule has 0 aliphatic carbocycles. The quantitative estimate of drug-likeness (QED) is 0.310. The molecular weight excluding hydrogens is 374 g/mol. The number of alkyl halides is 2. The second-order valence-corrected chi connectivity index (χ2v) is 6.12. The highest BCUT2D eigenvalue weighted by atomic mass is 127. The van der Waals surface area contributed by atoms with Crippen LogP contribution in [0, 0.1) is 0 Å². The van der Waals surface area contributed by atoms with Crippen LogP contribution >= 0.6 is 45.2 Å². The van der Waals surface area contributed by atoms with E-state index in [-0.39, 0.29) is 0 Å². The number of hydrogen-bond donors (Lipinski definition) is 0. The summed E-state index contributed by atoms with van der Waals surface area (Å²) < 4.78 is 2.27. The molecule has 0 saturated carbocycles. The van der Waals surface area contributed by atoms with Gasteiger partial charge < -0.3 is 0 Å². The zero-order chi connectivity index (χ0) is 9.23. The molecule has 74 valence electrons. The van der Waals surface area contributed by atoms with E-state index >= 15 is 0 Å². The van der Waals surface area contributed by atoms with Crippen molar-refractivity contribution in [3.8, 4) is 0 Å². The highest BCUT2D eigenvalue weighted by Gasteiger charge is 2.01. The Morgan fingerprint density at radius 2 is 1.67 bits per heavy atom. The van der Waals surface area contributed by atoms with Gasteiger partial charge in [-0.3, -0.25) is 0 Å². The van der Waals surface area contributed by atoms with Crippen LogP contribution < -0.4 is 0 Å². The fraction of sp³-hybridized carbons (Fsp3) is 1.00. The van der Waals surface area contributed by atoms with Crippen LogP contribution in [0.15, 0.2) is 0 Å². The summed E-state index contributed by atoms with van der Waals surface area (Å²) >= 11 is 5.08. The standard InChI is InChI=1S/C10H20I2/c1-2-3-7-10(12)8-5-4-6-9-11/h10H,2-9H2,1H3. The molecule has 0 radical (unpaired) electrons. The number of hydrogen-bond acceptors (Lipinski definition) is 0. The Morgan fingerprint density at radius 1 is 1.00 bits per heavy atom. The molecule has 0 aromatic rings. The Morgan fingerprint density at radius 3 is 2.25 bits per heavy atom. The van der Waals surface area contributed by atoms with Crippen LogP contribution in [0.2, 0.25) is 0 Å². The lowest BCUT2D eigenvalue weighted by Gasteiger charge is -2.07. The summed E-state index contributed by atoms with van der Waals surface area (Å²) in [5.41, 5.74) is 0. The lowest BCUT2D eigenvalue weighted by Crippen LogP contribution is -1.97. The molecule has 0 aromatic heterocycles. The van der Waals surface area contributed by atoms with E-state index in [1.54, 1.807) is 0 Å². The SMILES string of the molecule is CCCCC(I)CCCCCI. The largest absolute Gasteiger partial charge is 0.0864 e. The van der Waals surface area contributed by atoms with E-state index in [0.29, 0.717) is 0 Å². The van der Waals surface area contributed by atoms with Crippen molar-refractivity contribution in [2.45, 2.75) is 55.8 Å². The van der Waals surface area contributed by atoms with Gasteiger partial charge in [-0.1, -0.05) is 77.8 Å². The van der Waals surface area contributed by atoms with E-state index in [9.17, 15) is 0 Å². The number of rotatable bonds is 8. The van der Waals surface area contributed by atoms with Gasteiger partial charge in [0.15, 0.2) is 0 Å². The van der Waals surface area contributed by atoms with Crippen molar-refractivity contribution in [3.05, 3.63) is 0 Å². The first-order valence-corrected chi connectivity index (χ1v) is 7.78. The van der Waals surface area contributed by atoms with Crippen LogP contribution in [0.1, 0.15) is 51.9 Å². The maximum Gasteiger partial charge on any atom is 0.0110 e. The molecule has 0 bridgehead atoms. The minimum atomic E-state index is 0.941. The fourth-order valence-electron chi connectivity index (χ4n) is 1.21. The summed E-state index contributed by atoms with van der Waals surface area (Å²) in [6.07, 6.45) is 9.94. The zero-order valence-electron chi connectivity index (χ0n) is 7.99. The molecule has 0 heterocycles. The van der Waals surface area contributed by atoms with E-state index in [0.717, 1.165) is 3.92 Å². The van der Waals surface area contributed by atoms with Crippen molar-refractivity contribution in [1.29, 1.82) is 0 Å². The predicted molar refractivity (Wildman–Crippen MR) is 74.7 cm³/mol. The van der Waals surface area contributed by atoms with Crippen LogP contribution in [0.5, 0.6) is 0 Å². The lowest BCUT2D eigenvalue weighted by atomic mass is 10.1. The number of unbranched alkanes of at least 4 members (excludes halogenated alkanes) is 3.